The van der Waals surface area contributed by atoms with Crippen LogP contribution in [0.25, 0.3) is 0 Å². The van der Waals surface area contributed by atoms with E-state index in [4.69, 9.17) is 4.74 Å². The maximum atomic E-state index is 12.3. The first kappa shape index (κ1) is 13.9. The van der Waals surface area contributed by atoms with Crippen LogP contribution in [0.15, 0.2) is 18.5 Å². The molecule has 1 aliphatic rings. The molecule has 0 unspecified atom stereocenters. The Bertz CT molecular complexity index is 658. The van der Waals surface area contributed by atoms with Crippen molar-refractivity contribution in [3.05, 3.63) is 41.0 Å². The van der Waals surface area contributed by atoms with Crippen LogP contribution >= 0.6 is 0 Å². The molecular weight excluding hydrogens is 268 g/mol. The van der Waals surface area contributed by atoms with Crippen LogP contribution in [0.2, 0.25) is 0 Å². The maximum Gasteiger partial charge on any atom is 0.272 e. The highest BCUT2D eigenvalue weighted by Crippen LogP contribution is 2.29. The quantitative estimate of drug-likeness (QED) is 0.903. The topological polar surface area (TPSA) is 71.9 Å². The zero-order chi connectivity index (χ0) is 15.0. The van der Waals surface area contributed by atoms with Gasteiger partial charge in [0.05, 0.1) is 17.9 Å². The van der Waals surface area contributed by atoms with Crippen LogP contribution in [0.1, 0.15) is 47.3 Å². The fourth-order valence-electron chi connectivity index (χ4n) is 2.79. The summed E-state index contributed by atoms with van der Waals surface area (Å²) in [6.45, 7) is 4.49. The van der Waals surface area contributed by atoms with Gasteiger partial charge in [-0.25, -0.2) is 0 Å². The Morgan fingerprint density at radius 3 is 3.10 bits per heavy atom. The summed E-state index contributed by atoms with van der Waals surface area (Å²) in [4.78, 5) is 12.3. The van der Waals surface area contributed by atoms with E-state index in [0.29, 0.717) is 18.7 Å². The molecule has 6 nitrogen and oxygen atoms in total. The predicted molar refractivity (Wildman–Crippen MR) is 77.8 cm³/mol. The molecule has 1 amide bonds. The second kappa shape index (κ2) is 5.37. The van der Waals surface area contributed by atoms with Crippen molar-refractivity contribution in [2.45, 2.75) is 39.0 Å². The van der Waals surface area contributed by atoms with Gasteiger partial charge < -0.3 is 14.6 Å². The third-order valence-corrected chi connectivity index (χ3v) is 3.80. The van der Waals surface area contributed by atoms with Gasteiger partial charge in [-0.2, -0.15) is 5.10 Å². The van der Waals surface area contributed by atoms with Crippen molar-refractivity contribution in [3.63, 3.8) is 0 Å². The number of fused-ring (bicyclic) bond motifs is 1. The Morgan fingerprint density at radius 1 is 1.57 bits per heavy atom. The summed E-state index contributed by atoms with van der Waals surface area (Å²) < 4.78 is 7.69. The maximum absolute atomic E-state index is 12.3. The van der Waals surface area contributed by atoms with E-state index >= 15 is 0 Å². The number of ether oxygens (including phenoxy) is 1. The highest BCUT2D eigenvalue weighted by atomic mass is 16.5. The van der Waals surface area contributed by atoms with Crippen molar-refractivity contribution in [2.24, 2.45) is 7.05 Å². The number of rotatable bonds is 3. The normalized spacial score (nSPS) is 21.1. The molecule has 112 valence electrons. The summed E-state index contributed by atoms with van der Waals surface area (Å²) in [7, 11) is 1.96. The Labute approximate surface area is 123 Å². The zero-order valence-corrected chi connectivity index (χ0v) is 12.5. The highest BCUT2D eigenvalue weighted by molar-refractivity contribution is 5.94. The van der Waals surface area contributed by atoms with Crippen LogP contribution in [-0.2, 0) is 24.8 Å². The molecule has 0 aliphatic carbocycles. The first-order chi connectivity index (χ1) is 10.0. The summed E-state index contributed by atoms with van der Waals surface area (Å²) in [5.41, 5.74) is 3.45. The lowest BCUT2D eigenvalue weighted by molar-refractivity contribution is -0.00697. The number of hydrogen-bond acceptors (Lipinski definition) is 3. The second-order valence-corrected chi connectivity index (χ2v) is 5.63. The summed E-state index contributed by atoms with van der Waals surface area (Å²) in [6, 6.07) is 1.98. The molecule has 0 aromatic carbocycles. The SMILES string of the molecule is C[C@@H]1Cc2c(C(=O)NCc3ccn(C)c3)n[nH]c2[C@H](C)O1. The lowest BCUT2D eigenvalue weighted by Gasteiger charge is -2.25. The summed E-state index contributed by atoms with van der Waals surface area (Å²) in [5.74, 6) is -0.141. The standard InChI is InChI=1S/C15H20N4O2/c1-9-6-12-13(10(2)21-9)17-18-14(12)15(20)16-7-11-4-5-19(3)8-11/h4-5,8-10H,6-7H2,1-3H3,(H,16,20)(H,17,18)/t9-,10+/m1/s1. The van der Waals surface area contributed by atoms with Gasteiger partial charge in [0.1, 0.15) is 0 Å². The molecule has 0 bridgehead atoms. The number of carbonyl (C=O) groups is 1. The molecule has 2 aromatic heterocycles. The van der Waals surface area contributed by atoms with Gasteiger partial charge >= 0.3 is 0 Å². The lowest BCUT2D eigenvalue weighted by Crippen LogP contribution is -2.27. The Morgan fingerprint density at radius 2 is 2.38 bits per heavy atom. The molecular formula is C15H20N4O2. The molecule has 2 aromatic rings. The monoisotopic (exact) mass is 288 g/mol. The van der Waals surface area contributed by atoms with Crippen LogP contribution in [0.3, 0.4) is 0 Å². The number of aryl methyl sites for hydroxylation is 1. The molecule has 1 aliphatic heterocycles. The molecule has 21 heavy (non-hydrogen) atoms. The van der Waals surface area contributed by atoms with Crippen molar-refractivity contribution in [2.75, 3.05) is 0 Å². The summed E-state index contributed by atoms with van der Waals surface area (Å²) in [6.07, 6.45) is 4.71. The number of nitrogens with zero attached hydrogens (tertiary/aromatic N) is 2. The van der Waals surface area contributed by atoms with E-state index in [-0.39, 0.29) is 18.1 Å². The molecule has 6 heteroatoms. The molecule has 0 fully saturated rings. The van der Waals surface area contributed by atoms with Gasteiger partial charge in [0.25, 0.3) is 5.91 Å². The van der Waals surface area contributed by atoms with E-state index in [9.17, 15) is 4.79 Å². The lowest BCUT2D eigenvalue weighted by atomic mass is 9.99. The number of aromatic amines is 1. The number of H-pyrrole nitrogens is 1. The van der Waals surface area contributed by atoms with Crippen molar-refractivity contribution in [3.8, 4) is 0 Å². The molecule has 0 spiro atoms. The minimum atomic E-state index is -0.141. The number of aromatic nitrogens is 3. The average molecular weight is 288 g/mol. The smallest absolute Gasteiger partial charge is 0.272 e. The number of carbonyl (C=O) groups excluding carboxylic acids is 1. The molecule has 3 heterocycles. The van der Waals surface area contributed by atoms with Crippen LogP contribution in [0.5, 0.6) is 0 Å². The first-order valence-corrected chi connectivity index (χ1v) is 7.16. The zero-order valence-electron chi connectivity index (χ0n) is 12.5. The molecule has 0 saturated carbocycles. The van der Waals surface area contributed by atoms with Crippen molar-refractivity contribution < 1.29 is 9.53 Å². The fraction of sp³-hybridized carbons (Fsp3) is 0.467. The van der Waals surface area contributed by atoms with Crippen LogP contribution in [0.4, 0.5) is 0 Å². The van der Waals surface area contributed by atoms with Gasteiger partial charge in [-0.15, -0.1) is 0 Å². The van der Waals surface area contributed by atoms with Crippen LogP contribution < -0.4 is 5.32 Å². The van der Waals surface area contributed by atoms with Gasteiger partial charge in [-0.05, 0) is 25.5 Å². The van der Waals surface area contributed by atoms with Crippen molar-refractivity contribution in [1.29, 1.82) is 0 Å². The van der Waals surface area contributed by atoms with E-state index in [1.54, 1.807) is 0 Å². The summed E-state index contributed by atoms with van der Waals surface area (Å²) >= 11 is 0. The minimum Gasteiger partial charge on any atom is -0.369 e. The molecule has 2 N–H and O–H groups in total. The molecule has 0 radical (unpaired) electrons. The van der Waals surface area contributed by atoms with Gasteiger partial charge in [-0.1, -0.05) is 0 Å². The van der Waals surface area contributed by atoms with Gasteiger partial charge in [0.15, 0.2) is 5.69 Å². The van der Waals surface area contributed by atoms with E-state index < -0.39 is 0 Å². The third kappa shape index (κ3) is 2.71. The Kier molecular flexibility index (Phi) is 3.55. The van der Waals surface area contributed by atoms with E-state index in [2.05, 4.69) is 15.5 Å². The largest absolute Gasteiger partial charge is 0.369 e. The highest BCUT2D eigenvalue weighted by Gasteiger charge is 2.29. The molecule has 3 rings (SSSR count). The second-order valence-electron chi connectivity index (χ2n) is 5.63. The molecule has 2 atom stereocenters. The number of nitrogens with one attached hydrogen (secondary N) is 2. The van der Waals surface area contributed by atoms with Crippen LogP contribution in [0, 0.1) is 0 Å². The van der Waals surface area contributed by atoms with Gasteiger partial charge in [0.2, 0.25) is 0 Å². The average Bonchev–Trinajstić information content (AvgIpc) is 3.02. The summed E-state index contributed by atoms with van der Waals surface area (Å²) in [5, 5.41) is 10.0. The fourth-order valence-corrected chi connectivity index (χ4v) is 2.79. The van der Waals surface area contributed by atoms with Crippen LogP contribution in [-0.4, -0.2) is 26.8 Å². The Balaban J connectivity index is 1.73. The third-order valence-electron chi connectivity index (χ3n) is 3.80. The minimum absolute atomic E-state index is 0.0491. The first-order valence-electron chi connectivity index (χ1n) is 7.16. The van der Waals surface area contributed by atoms with E-state index in [0.717, 1.165) is 16.8 Å². The number of hydrogen-bond donors (Lipinski definition) is 2. The van der Waals surface area contributed by atoms with Crippen molar-refractivity contribution >= 4 is 5.91 Å². The van der Waals surface area contributed by atoms with Crippen molar-refractivity contribution in [1.82, 2.24) is 20.1 Å². The predicted octanol–water partition coefficient (Wildman–Crippen LogP) is 1.70. The number of amides is 1. The van der Waals surface area contributed by atoms with E-state index in [1.807, 2.05) is 43.9 Å². The van der Waals surface area contributed by atoms with Gasteiger partial charge in [-0.3, -0.25) is 9.89 Å². The van der Waals surface area contributed by atoms with E-state index in [1.165, 1.54) is 0 Å². The Hall–Kier alpha value is -2.08. The van der Waals surface area contributed by atoms with Gasteiger partial charge in [0, 0.05) is 38.0 Å². The molecule has 0 saturated heterocycles.